The fraction of sp³-hybridized carbons (Fsp3) is 0.333. The first-order chi connectivity index (χ1) is 7.31. The molecule has 6 heteroatoms. The summed E-state index contributed by atoms with van der Waals surface area (Å²) in [6, 6.07) is 1.77. The standard InChI is InChI=1S/C9H11N5O/c1-6(10-2)9-13-8(14-15-9)7-3-4-11-5-12-7/h3-6,10H,1-2H3. The van der Waals surface area contributed by atoms with E-state index in [2.05, 4.69) is 25.4 Å². The van der Waals surface area contributed by atoms with Crippen LogP contribution in [0.1, 0.15) is 18.9 Å². The molecule has 0 saturated heterocycles. The molecule has 0 amide bonds. The highest BCUT2D eigenvalue weighted by Gasteiger charge is 2.13. The van der Waals surface area contributed by atoms with Crippen molar-refractivity contribution in [1.29, 1.82) is 0 Å². The van der Waals surface area contributed by atoms with E-state index in [1.165, 1.54) is 6.33 Å². The van der Waals surface area contributed by atoms with Gasteiger partial charge in [-0.25, -0.2) is 9.97 Å². The van der Waals surface area contributed by atoms with Gasteiger partial charge in [0, 0.05) is 6.20 Å². The van der Waals surface area contributed by atoms with E-state index in [1.54, 1.807) is 12.3 Å². The normalized spacial score (nSPS) is 12.7. The molecule has 2 heterocycles. The Kier molecular flexibility index (Phi) is 2.68. The van der Waals surface area contributed by atoms with Gasteiger partial charge in [-0.2, -0.15) is 4.98 Å². The van der Waals surface area contributed by atoms with Gasteiger partial charge in [0.05, 0.1) is 6.04 Å². The lowest BCUT2D eigenvalue weighted by molar-refractivity contribution is 0.347. The topological polar surface area (TPSA) is 76.7 Å². The van der Waals surface area contributed by atoms with Crippen molar-refractivity contribution < 1.29 is 4.52 Å². The van der Waals surface area contributed by atoms with E-state index >= 15 is 0 Å². The Labute approximate surface area is 86.8 Å². The highest BCUT2D eigenvalue weighted by atomic mass is 16.5. The summed E-state index contributed by atoms with van der Waals surface area (Å²) < 4.78 is 5.09. The first kappa shape index (κ1) is 9.72. The number of hydrogen-bond donors (Lipinski definition) is 1. The maximum Gasteiger partial charge on any atom is 0.243 e. The summed E-state index contributed by atoms with van der Waals surface area (Å²) >= 11 is 0. The Morgan fingerprint density at radius 3 is 3.00 bits per heavy atom. The summed E-state index contributed by atoms with van der Waals surface area (Å²) in [6.45, 7) is 1.94. The molecule has 15 heavy (non-hydrogen) atoms. The molecular formula is C9H11N5O. The Balaban J connectivity index is 2.28. The van der Waals surface area contributed by atoms with E-state index in [1.807, 2.05) is 14.0 Å². The van der Waals surface area contributed by atoms with Crippen molar-refractivity contribution in [2.45, 2.75) is 13.0 Å². The number of nitrogens with zero attached hydrogens (tertiary/aromatic N) is 4. The van der Waals surface area contributed by atoms with E-state index in [-0.39, 0.29) is 6.04 Å². The number of nitrogens with one attached hydrogen (secondary N) is 1. The fourth-order valence-corrected chi connectivity index (χ4v) is 1.06. The summed E-state index contributed by atoms with van der Waals surface area (Å²) in [6.07, 6.45) is 3.09. The summed E-state index contributed by atoms with van der Waals surface area (Å²) in [5.74, 6) is 1.03. The molecule has 1 N–H and O–H groups in total. The van der Waals surface area contributed by atoms with E-state index < -0.39 is 0 Å². The molecule has 0 fully saturated rings. The first-order valence-corrected chi connectivity index (χ1v) is 4.58. The Hall–Kier alpha value is -1.82. The molecule has 0 spiro atoms. The molecule has 0 aliphatic carbocycles. The third-order valence-corrected chi connectivity index (χ3v) is 2.06. The minimum atomic E-state index is 0.0353. The molecular weight excluding hydrogens is 194 g/mol. The highest BCUT2D eigenvalue weighted by Crippen LogP contribution is 2.15. The van der Waals surface area contributed by atoms with E-state index in [0.717, 1.165) is 0 Å². The van der Waals surface area contributed by atoms with E-state index in [0.29, 0.717) is 17.4 Å². The molecule has 1 unspecified atom stereocenters. The van der Waals surface area contributed by atoms with Gasteiger partial charge < -0.3 is 9.84 Å². The quantitative estimate of drug-likeness (QED) is 0.798. The molecule has 0 aliphatic heterocycles. The van der Waals surface area contributed by atoms with Gasteiger partial charge in [0.1, 0.15) is 12.0 Å². The monoisotopic (exact) mass is 205 g/mol. The second-order valence-electron chi connectivity index (χ2n) is 3.06. The maximum absolute atomic E-state index is 5.09. The van der Waals surface area contributed by atoms with Gasteiger partial charge in [-0.1, -0.05) is 5.16 Å². The van der Waals surface area contributed by atoms with Crippen LogP contribution in [0.15, 0.2) is 23.1 Å². The first-order valence-electron chi connectivity index (χ1n) is 4.58. The Morgan fingerprint density at radius 2 is 2.33 bits per heavy atom. The van der Waals surface area contributed by atoms with Gasteiger partial charge in [-0.3, -0.25) is 0 Å². The Bertz CT molecular complexity index is 427. The third kappa shape index (κ3) is 1.99. The molecule has 6 nitrogen and oxygen atoms in total. The summed E-state index contributed by atoms with van der Waals surface area (Å²) in [5, 5.41) is 6.86. The van der Waals surface area contributed by atoms with Crippen molar-refractivity contribution in [2.75, 3.05) is 7.05 Å². The minimum absolute atomic E-state index is 0.0353. The SMILES string of the molecule is CNC(C)c1nc(-c2ccncn2)no1. The fourth-order valence-electron chi connectivity index (χ4n) is 1.06. The van der Waals surface area contributed by atoms with Crippen LogP contribution in [0.2, 0.25) is 0 Å². The van der Waals surface area contributed by atoms with Crippen molar-refractivity contribution in [1.82, 2.24) is 25.4 Å². The van der Waals surface area contributed by atoms with Gasteiger partial charge in [-0.05, 0) is 20.0 Å². The molecule has 2 aromatic rings. The second kappa shape index (κ2) is 4.14. The minimum Gasteiger partial charge on any atom is -0.337 e. The molecule has 0 saturated carbocycles. The summed E-state index contributed by atoms with van der Waals surface area (Å²) in [5.41, 5.74) is 0.656. The van der Waals surface area contributed by atoms with Crippen molar-refractivity contribution in [2.24, 2.45) is 0 Å². The van der Waals surface area contributed by atoms with Crippen LogP contribution in [0.5, 0.6) is 0 Å². The van der Waals surface area contributed by atoms with Crippen LogP contribution < -0.4 is 5.32 Å². The van der Waals surface area contributed by atoms with Crippen molar-refractivity contribution >= 4 is 0 Å². The average Bonchev–Trinajstić information content (AvgIpc) is 2.78. The smallest absolute Gasteiger partial charge is 0.243 e. The van der Waals surface area contributed by atoms with Crippen LogP contribution in [0.25, 0.3) is 11.5 Å². The van der Waals surface area contributed by atoms with E-state index in [4.69, 9.17) is 4.52 Å². The predicted molar refractivity (Wildman–Crippen MR) is 52.8 cm³/mol. The molecule has 78 valence electrons. The second-order valence-corrected chi connectivity index (χ2v) is 3.06. The number of rotatable bonds is 3. The molecule has 2 rings (SSSR count). The van der Waals surface area contributed by atoms with Crippen LogP contribution in [-0.4, -0.2) is 27.2 Å². The lowest BCUT2D eigenvalue weighted by Gasteiger charge is -2.01. The van der Waals surface area contributed by atoms with Gasteiger partial charge >= 0.3 is 0 Å². The summed E-state index contributed by atoms with van der Waals surface area (Å²) in [4.78, 5) is 12.1. The molecule has 0 radical (unpaired) electrons. The van der Waals surface area contributed by atoms with Crippen LogP contribution in [-0.2, 0) is 0 Å². The molecule has 0 bridgehead atoms. The van der Waals surface area contributed by atoms with Crippen LogP contribution in [0.4, 0.5) is 0 Å². The zero-order chi connectivity index (χ0) is 10.7. The lowest BCUT2D eigenvalue weighted by atomic mass is 10.3. The van der Waals surface area contributed by atoms with Crippen LogP contribution in [0.3, 0.4) is 0 Å². The van der Waals surface area contributed by atoms with Crippen molar-refractivity contribution in [3.63, 3.8) is 0 Å². The predicted octanol–water partition coefficient (Wildman–Crippen LogP) is 0.807. The number of aromatic nitrogens is 4. The van der Waals surface area contributed by atoms with Gasteiger partial charge in [0.2, 0.25) is 11.7 Å². The number of hydrogen-bond acceptors (Lipinski definition) is 6. The van der Waals surface area contributed by atoms with Gasteiger partial charge in [0.25, 0.3) is 0 Å². The van der Waals surface area contributed by atoms with Gasteiger partial charge in [0.15, 0.2) is 0 Å². The van der Waals surface area contributed by atoms with Crippen molar-refractivity contribution in [3.05, 3.63) is 24.5 Å². The summed E-state index contributed by atoms with van der Waals surface area (Å²) in [7, 11) is 1.83. The zero-order valence-corrected chi connectivity index (χ0v) is 8.51. The van der Waals surface area contributed by atoms with Crippen molar-refractivity contribution in [3.8, 4) is 11.5 Å². The largest absolute Gasteiger partial charge is 0.337 e. The van der Waals surface area contributed by atoms with Gasteiger partial charge in [-0.15, -0.1) is 0 Å². The van der Waals surface area contributed by atoms with Crippen LogP contribution in [0, 0.1) is 0 Å². The van der Waals surface area contributed by atoms with Crippen LogP contribution >= 0.6 is 0 Å². The van der Waals surface area contributed by atoms with E-state index in [9.17, 15) is 0 Å². The third-order valence-electron chi connectivity index (χ3n) is 2.06. The average molecular weight is 205 g/mol. The molecule has 0 aromatic carbocycles. The Morgan fingerprint density at radius 1 is 1.47 bits per heavy atom. The molecule has 2 aromatic heterocycles. The molecule has 1 atom stereocenters. The molecule has 0 aliphatic rings. The zero-order valence-electron chi connectivity index (χ0n) is 8.51. The maximum atomic E-state index is 5.09. The highest BCUT2D eigenvalue weighted by molar-refractivity contribution is 5.46. The lowest BCUT2D eigenvalue weighted by Crippen LogP contribution is -2.12.